The van der Waals surface area contributed by atoms with Crippen molar-refractivity contribution in [1.82, 2.24) is 5.32 Å². The molecule has 1 aromatic rings. The van der Waals surface area contributed by atoms with Gasteiger partial charge < -0.3 is 14.8 Å². The lowest BCUT2D eigenvalue weighted by Crippen LogP contribution is -2.46. The number of rotatable bonds is 8. The van der Waals surface area contributed by atoms with Crippen LogP contribution in [0.1, 0.15) is 37.7 Å². The Balaban J connectivity index is 2.33. The normalized spacial score (nSPS) is 21.1. The Hall–Kier alpha value is -0.680. The molecule has 0 radical (unpaired) electrons. The molecule has 0 unspecified atom stereocenters. The van der Waals surface area contributed by atoms with E-state index < -0.39 is 5.60 Å². The molecule has 5 heteroatoms. The third-order valence-corrected chi connectivity index (χ3v) is 5.17. The molecule has 130 valence electrons. The fourth-order valence-corrected chi connectivity index (χ4v) is 3.83. The second-order valence-electron chi connectivity index (χ2n) is 6.19. The zero-order valence-corrected chi connectivity index (χ0v) is 14.8. The average molecular weight is 344 g/mol. The highest BCUT2D eigenvalue weighted by molar-refractivity contribution is 6.30. The Kier molecular flexibility index (Phi) is 7.28. The van der Waals surface area contributed by atoms with Crippen LogP contribution >= 0.6 is 11.6 Å². The largest absolute Gasteiger partial charge is 0.385 e. The van der Waals surface area contributed by atoms with Crippen LogP contribution in [0.25, 0.3) is 0 Å². The molecule has 1 aromatic carbocycles. The van der Waals surface area contributed by atoms with Gasteiger partial charge in [0.15, 0.2) is 0 Å². The van der Waals surface area contributed by atoms with E-state index in [1.54, 1.807) is 26.4 Å². The zero-order chi connectivity index (χ0) is 16.7. The summed E-state index contributed by atoms with van der Waals surface area (Å²) in [4.78, 5) is 0. The van der Waals surface area contributed by atoms with Gasteiger partial charge in [0.2, 0.25) is 0 Å². The first-order valence-corrected chi connectivity index (χ1v) is 8.73. The SMILES string of the molecule is COCCCC[C@@](OC)(c1cccc(Cl)c1F)[C@@H]1CCCNC1. The summed E-state index contributed by atoms with van der Waals surface area (Å²) >= 11 is 6.03. The van der Waals surface area contributed by atoms with E-state index in [1.807, 2.05) is 6.07 Å². The maximum atomic E-state index is 14.8. The van der Waals surface area contributed by atoms with Crippen LogP contribution in [0.15, 0.2) is 18.2 Å². The maximum absolute atomic E-state index is 14.8. The number of methoxy groups -OCH3 is 2. The predicted octanol–water partition coefficient (Wildman–Crippen LogP) is 4.14. The van der Waals surface area contributed by atoms with Gasteiger partial charge in [0.05, 0.1) is 10.6 Å². The van der Waals surface area contributed by atoms with E-state index in [4.69, 9.17) is 21.1 Å². The summed E-state index contributed by atoms with van der Waals surface area (Å²) in [5, 5.41) is 3.58. The molecule has 1 fully saturated rings. The fourth-order valence-electron chi connectivity index (χ4n) is 3.65. The summed E-state index contributed by atoms with van der Waals surface area (Å²) in [7, 11) is 3.39. The van der Waals surface area contributed by atoms with Crippen molar-refractivity contribution in [1.29, 1.82) is 0 Å². The van der Waals surface area contributed by atoms with E-state index >= 15 is 0 Å². The standard InChI is InChI=1S/C18H27ClFNO2/c1-22-12-4-3-10-18(23-2,14-7-6-11-21-13-14)15-8-5-9-16(19)17(15)20/h5,8-9,14,21H,3-4,6-7,10-13H2,1-2H3/t14-,18+/m1/s1. The molecule has 0 aliphatic carbocycles. The molecule has 0 bridgehead atoms. The van der Waals surface area contributed by atoms with Crippen molar-refractivity contribution in [2.45, 2.75) is 37.7 Å². The van der Waals surface area contributed by atoms with Gasteiger partial charge in [0.1, 0.15) is 5.82 Å². The van der Waals surface area contributed by atoms with Crippen LogP contribution in [0.3, 0.4) is 0 Å². The van der Waals surface area contributed by atoms with Gasteiger partial charge in [0, 0.05) is 38.9 Å². The fraction of sp³-hybridized carbons (Fsp3) is 0.667. The van der Waals surface area contributed by atoms with E-state index in [2.05, 4.69) is 5.32 Å². The number of nitrogens with one attached hydrogen (secondary N) is 1. The maximum Gasteiger partial charge on any atom is 0.147 e. The Morgan fingerprint density at radius 3 is 2.83 bits per heavy atom. The summed E-state index contributed by atoms with van der Waals surface area (Å²) in [5.74, 6) is -0.120. The highest BCUT2D eigenvalue weighted by atomic mass is 35.5. The van der Waals surface area contributed by atoms with Gasteiger partial charge in [-0.3, -0.25) is 0 Å². The van der Waals surface area contributed by atoms with Gasteiger partial charge in [-0.2, -0.15) is 0 Å². The second-order valence-corrected chi connectivity index (χ2v) is 6.60. The molecule has 0 amide bonds. The van der Waals surface area contributed by atoms with Crippen LogP contribution in [0.5, 0.6) is 0 Å². The van der Waals surface area contributed by atoms with E-state index in [9.17, 15) is 4.39 Å². The molecule has 2 rings (SSSR count). The van der Waals surface area contributed by atoms with Crippen LogP contribution < -0.4 is 5.32 Å². The minimum atomic E-state index is -0.643. The number of hydrogen-bond acceptors (Lipinski definition) is 3. The molecule has 1 aliphatic rings. The van der Waals surface area contributed by atoms with E-state index in [0.29, 0.717) is 12.2 Å². The van der Waals surface area contributed by atoms with Crippen LogP contribution in [-0.4, -0.2) is 33.9 Å². The first-order valence-electron chi connectivity index (χ1n) is 8.35. The van der Waals surface area contributed by atoms with Crippen molar-refractivity contribution >= 4 is 11.6 Å². The van der Waals surface area contributed by atoms with Crippen molar-refractivity contribution in [3.05, 3.63) is 34.6 Å². The van der Waals surface area contributed by atoms with Gasteiger partial charge in [-0.15, -0.1) is 0 Å². The number of piperidine rings is 1. The topological polar surface area (TPSA) is 30.5 Å². The third-order valence-electron chi connectivity index (χ3n) is 4.87. The first kappa shape index (κ1) is 18.7. The molecular formula is C18H27ClFNO2. The van der Waals surface area contributed by atoms with Gasteiger partial charge in [0.25, 0.3) is 0 Å². The summed E-state index contributed by atoms with van der Waals surface area (Å²) in [5.41, 5.74) is -0.0607. The molecular weight excluding hydrogens is 317 g/mol. The highest BCUT2D eigenvalue weighted by Crippen LogP contribution is 2.43. The molecule has 1 heterocycles. The van der Waals surface area contributed by atoms with Crippen LogP contribution in [0.2, 0.25) is 5.02 Å². The lowest BCUT2D eigenvalue weighted by molar-refractivity contribution is -0.0822. The van der Waals surface area contributed by atoms with E-state index in [0.717, 1.165) is 45.2 Å². The number of hydrogen-bond donors (Lipinski definition) is 1. The van der Waals surface area contributed by atoms with Gasteiger partial charge in [-0.05, 0) is 44.7 Å². The smallest absolute Gasteiger partial charge is 0.147 e. The van der Waals surface area contributed by atoms with E-state index in [-0.39, 0.29) is 16.8 Å². The van der Waals surface area contributed by atoms with Gasteiger partial charge in [-0.1, -0.05) is 23.7 Å². The molecule has 3 nitrogen and oxygen atoms in total. The number of benzene rings is 1. The molecule has 0 saturated carbocycles. The van der Waals surface area contributed by atoms with Crippen LogP contribution in [-0.2, 0) is 15.1 Å². The highest BCUT2D eigenvalue weighted by Gasteiger charge is 2.42. The summed E-state index contributed by atoms with van der Waals surface area (Å²) in [6.45, 7) is 2.56. The van der Waals surface area contributed by atoms with Crippen molar-refractivity contribution in [2.75, 3.05) is 33.9 Å². The van der Waals surface area contributed by atoms with Crippen molar-refractivity contribution in [2.24, 2.45) is 5.92 Å². The monoisotopic (exact) mass is 343 g/mol. The van der Waals surface area contributed by atoms with Gasteiger partial charge in [-0.25, -0.2) is 4.39 Å². The number of unbranched alkanes of at least 4 members (excludes halogenated alkanes) is 1. The van der Waals surface area contributed by atoms with Crippen molar-refractivity contribution < 1.29 is 13.9 Å². The lowest BCUT2D eigenvalue weighted by atomic mass is 9.74. The Morgan fingerprint density at radius 2 is 2.17 bits per heavy atom. The molecule has 2 atom stereocenters. The molecule has 0 spiro atoms. The Morgan fingerprint density at radius 1 is 1.35 bits per heavy atom. The van der Waals surface area contributed by atoms with Gasteiger partial charge >= 0.3 is 0 Å². The van der Waals surface area contributed by atoms with Crippen molar-refractivity contribution in [3.63, 3.8) is 0 Å². The average Bonchev–Trinajstić information content (AvgIpc) is 2.59. The summed E-state index contributed by atoms with van der Waals surface area (Å²) in [6.07, 6.45) is 4.72. The summed E-state index contributed by atoms with van der Waals surface area (Å²) < 4.78 is 25.9. The Labute approximate surface area is 143 Å². The molecule has 0 aromatic heterocycles. The van der Waals surface area contributed by atoms with Crippen molar-refractivity contribution in [3.8, 4) is 0 Å². The van der Waals surface area contributed by atoms with E-state index in [1.165, 1.54) is 0 Å². The van der Waals surface area contributed by atoms with Crippen LogP contribution in [0.4, 0.5) is 4.39 Å². The molecule has 1 aliphatic heterocycles. The summed E-state index contributed by atoms with van der Waals surface area (Å²) in [6, 6.07) is 5.21. The van der Waals surface area contributed by atoms with Crippen LogP contribution in [0, 0.1) is 11.7 Å². The molecule has 1 saturated heterocycles. The lowest BCUT2D eigenvalue weighted by Gasteiger charge is -2.42. The minimum absolute atomic E-state index is 0.157. The molecule has 1 N–H and O–H groups in total. The third kappa shape index (κ3) is 4.24. The predicted molar refractivity (Wildman–Crippen MR) is 91.4 cm³/mol. The minimum Gasteiger partial charge on any atom is -0.385 e. The number of ether oxygens (including phenoxy) is 2. The first-order chi connectivity index (χ1) is 11.2. The Bertz CT molecular complexity index is 494. The zero-order valence-electron chi connectivity index (χ0n) is 14.0. The second kappa shape index (κ2) is 8.97. The number of halogens is 2. The quantitative estimate of drug-likeness (QED) is 0.720. The molecule has 23 heavy (non-hydrogen) atoms.